The number of piperazine rings is 1. The smallest absolute Gasteiger partial charge is 0.180 e. The third kappa shape index (κ3) is 4.38. The van der Waals surface area contributed by atoms with Crippen LogP contribution < -0.4 is 4.90 Å². The number of anilines is 1. The molecule has 3 heterocycles. The molecule has 1 aliphatic carbocycles. The van der Waals surface area contributed by atoms with E-state index in [0.717, 1.165) is 48.3 Å². The number of nitriles is 1. The summed E-state index contributed by atoms with van der Waals surface area (Å²) in [5.41, 5.74) is 3.88. The first-order valence-corrected chi connectivity index (χ1v) is 11.6. The zero-order valence-corrected chi connectivity index (χ0v) is 19.2. The fraction of sp³-hybridized carbons (Fsp3) is 0.625. The standard InChI is InChI=1S/C24H33N5O3/c1-4-17-11-28(7-8-29(17)24(31)21-13-32-14-26-21)23-19(10-25)18(9-15(2)3)20(12-30)22(27-23)16-5-6-16/h13-17,24,30-31H,4-9,11-12H2,1-3H3/t17-,24?/m1/s1. The molecular weight excluding hydrogens is 406 g/mol. The molecule has 2 aromatic rings. The van der Waals surface area contributed by atoms with Crippen molar-refractivity contribution in [3.05, 3.63) is 40.7 Å². The summed E-state index contributed by atoms with van der Waals surface area (Å²) in [4.78, 5) is 13.3. The average Bonchev–Trinajstić information content (AvgIpc) is 3.50. The summed E-state index contributed by atoms with van der Waals surface area (Å²) in [6.07, 6.45) is 5.75. The molecule has 2 atom stereocenters. The third-order valence-corrected chi connectivity index (χ3v) is 6.60. The number of nitrogens with zero attached hydrogens (tertiary/aromatic N) is 5. The molecule has 1 saturated heterocycles. The molecule has 8 heteroatoms. The van der Waals surface area contributed by atoms with E-state index in [1.54, 1.807) is 0 Å². The third-order valence-electron chi connectivity index (χ3n) is 6.60. The summed E-state index contributed by atoms with van der Waals surface area (Å²) in [6, 6.07) is 2.50. The van der Waals surface area contributed by atoms with Gasteiger partial charge in [-0.2, -0.15) is 5.26 Å². The first-order chi connectivity index (χ1) is 15.5. The predicted molar refractivity (Wildman–Crippen MR) is 120 cm³/mol. The fourth-order valence-electron chi connectivity index (χ4n) is 4.80. The predicted octanol–water partition coefficient (Wildman–Crippen LogP) is 3.10. The molecule has 0 bridgehead atoms. The van der Waals surface area contributed by atoms with Gasteiger partial charge in [-0.25, -0.2) is 9.97 Å². The maximum absolute atomic E-state index is 10.8. The molecular formula is C24H33N5O3. The lowest BCUT2D eigenvalue weighted by atomic mass is 9.91. The van der Waals surface area contributed by atoms with Crippen LogP contribution in [-0.4, -0.2) is 50.8 Å². The Labute approximate surface area is 189 Å². The Hall–Kier alpha value is -2.47. The van der Waals surface area contributed by atoms with Gasteiger partial charge in [-0.15, -0.1) is 0 Å². The number of aliphatic hydroxyl groups excluding tert-OH is 2. The minimum atomic E-state index is -0.820. The molecule has 2 fully saturated rings. The molecule has 2 aromatic heterocycles. The van der Waals surface area contributed by atoms with Crippen molar-refractivity contribution >= 4 is 5.82 Å². The number of pyridine rings is 1. The second kappa shape index (κ2) is 9.57. The fourth-order valence-corrected chi connectivity index (χ4v) is 4.80. The van der Waals surface area contributed by atoms with E-state index in [2.05, 4.69) is 36.7 Å². The molecule has 1 aliphatic heterocycles. The van der Waals surface area contributed by atoms with Gasteiger partial charge < -0.3 is 19.5 Å². The molecule has 0 aromatic carbocycles. The Balaban J connectivity index is 1.69. The van der Waals surface area contributed by atoms with E-state index in [1.165, 1.54) is 12.7 Å². The van der Waals surface area contributed by atoms with Crippen molar-refractivity contribution in [3.8, 4) is 6.07 Å². The van der Waals surface area contributed by atoms with Crippen LogP contribution in [0.25, 0.3) is 0 Å². The lowest BCUT2D eigenvalue weighted by Crippen LogP contribution is -2.54. The van der Waals surface area contributed by atoms with Crippen molar-refractivity contribution in [1.29, 1.82) is 5.26 Å². The van der Waals surface area contributed by atoms with Gasteiger partial charge in [0.25, 0.3) is 0 Å². The number of hydrogen-bond acceptors (Lipinski definition) is 8. The zero-order chi connectivity index (χ0) is 22.8. The molecule has 8 nitrogen and oxygen atoms in total. The van der Waals surface area contributed by atoms with Gasteiger partial charge in [-0.3, -0.25) is 4.90 Å². The van der Waals surface area contributed by atoms with Crippen molar-refractivity contribution in [1.82, 2.24) is 14.9 Å². The molecule has 0 radical (unpaired) electrons. The molecule has 2 N–H and O–H groups in total. The van der Waals surface area contributed by atoms with Crippen molar-refractivity contribution in [3.63, 3.8) is 0 Å². The Morgan fingerprint density at radius 2 is 2.06 bits per heavy atom. The minimum absolute atomic E-state index is 0.0783. The van der Waals surface area contributed by atoms with Crippen LogP contribution in [0, 0.1) is 17.2 Å². The van der Waals surface area contributed by atoms with Gasteiger partial charge in [-0.05, 0) is 37.2 Å². The summed E-state index contributed by atoms with van der Waals surface area (Å²) in [6.45, 7) is 8.23. The molecule has 1 saturated carbocycles. The zero-order valence-electron chi connectivity index (χ0n) is 19.2. The number of aromatic nitrogens is 2. The highest BCUT2D eigenvalue weighted by molar-refractivity contribution is 5.62. The Morgan fingerprint density at radius 3 is 2.62 bits per heavy atom. The van der Waals surface area contributed by atoms with Gasteiger partial charge in [0.15, 0.2) is 12.6 Å². The maximum atomic E-state index is 10.8. The minimum Gasteiger partial charge on any atom is -0.451 e. The van der Waals surface area contributed by atoms with E-state index in [1.807, 2.05) is 4.90 Å². The van der Waals surface area contributed by atoms with Crippen molar-refractivity contribution < 1.29 is 14.6 Å². The summed E-state index contributed by atoms with van der Waals surface area (Å²) in [5, 5.41) is 31.1. The van der Waals surface area contributed by atoms with Gasteiger partial charge in [0, 0.05) is 37.2 Å². The normalized spacial score (nSPS) is 20.5. The van der Waals surface area contributed by atoms with Crippen LogP contribution >= 0.6 is 0 Å². The first kappa shape index (κ1) is 22.7. The number of oxazole rings is 1. The van der Waals surface area contributed by atoms with Crippen molar-refractivity contribution in [2.75, 3.05) is 24.5 Å². The van der Waals surface area contributed by atoms with Crippen LogP contribution in [-0.2, 0) is 13.0 Å². The van der Waals surface area contributed by atoms with Gasteiger partial charge >= 0.3 is 0 Å². The molecule has 2 aliphatic rings. The summed E-state index contributed by atoms with van der Waals surface area (Å²) >= 11 is 0. The molecule has 4 rings (SSSR count). The largest absolute Gasteiger partial charge is 0.451 e. The highest BCUT2D eigenvalue weighted by atomic mass is 16.3. The van der Waals surface area contributed by atoms with Crippen LogP contribution in [0.3, 0.4) is 0 Å². The van der Waals surface area contributed by atoms with Gasteiger partial charge in [0.2, 0.25) is 0 Å². The Kier molecular flexibility index (Phi) is 6.79. The lowest BCUT2D eigenvalue weighted by molar-refractivity contribution is -0.0365. The van der Waals surface area contributed by atoms with Crippen molar-refractivity contribution in [2.24, 2.45) is 5.92 Å². The van der Waals surface area contributed by atoms with E-state index in [-0.39, 0.29) is 12.6 Å². The Morgan fingerprint density at radius 1 is 1.28 bits per heavy atom. The van der Waals surface area contributed by atoms with Crippen molar-refractivity contribution in [2.45, 2.75) is 71.2 Å². The van der Waals surface area contributed by atoms with Crippen LogP contribution in [0.1, 0.15) is 80.3 Å². The van der Waals surface area contributed by atoms with Gasteiger partial charge in [-0.1, -0.05) is 20.8 Å². The quantitative estimate of drug-likeness (QED) is 0.646. The number of aliphatic hydroxyl groups is 2. The van der Waals surface area contributed by atoms with Crippen LogP contribution in [0.15, 0.2) is 17.1 Å². The molecule has 0 spiro atoms. The Bertz CT molecular complexity index is 965. The van der Waals surface area contributed by atoms with Gasteiger partial charge in [0.1, 0.15) is 23.8 Å². The van der Waals surface area contributed by atoms with E-state index in [0.29, 0.717) is 42.7 Å². The highest BCUT2D eigenvalue weighted by Crippen LogP contribution is 2.44. The van der Waals surface area contributed by atoms with E-state index in [4.69, 9.17) is 9.40 Å². The lowest BCUT2D eigenvalue weighted by Gasteiger charge is -2.43. The van der Waals surface area contributed by atoms with E-state index < -0.39 is 6.23 Å². The summed E-state index contributed by atoms with van der Waals surface area (Å²) in [5.74, 6) is 1.48. The molecule has 0 amide bonds. The summed E-state index contributed by atoms with van der Waals surface area (Å²) in [7, 11) is 0. The molecule has 172 valence electrons. The monoisotopic (exact) mass is 439 g/mol. The number of hydrogen-bond donors (Lipinski definition) is 2. The SMILES string of the molecule is CC[C@@H]1CN(c2nc(C3CC3)c(CO)c(CC(C)C)c2C#N)CCN1C(O)c1cocn1. The van der Waals surface area contributed by atoms with Gasteiger partial charge in [0.05, 0.1) is 17.9 Å². The van der Waals surface area contributed by atoms with E-state index in [9.17, 15) is 15.5 Å². The second-order valence-corrected chi connectivity index (χ2v) is 9.33. The molecule has 1 unspecified atom stereocenters. The van der Waals surface area contributed by atoms with Crippen LogP contribution in [0.4, 0.5) is 5.82 Å². The second-order valence-electron chi connectivity index (χ2n) is 9.33. The first-order valence-electron chi connectivity index (χ1n) is 11.6. The topological polar surface area (TPSA) is 110 Å². The summed E-state index contributed by atoms with van der Waals surface area (Å²) < 4.78 is 5.05. The highest BCUT2D eigenvalue weighted by Gasteiger charge is 2.36. The molecule has 32 heavy (non-hydrogen) atoms. The maximum Gasteiger partial charge on any atom is 0.180 e. The average molecular weight is 440 g/mol. The van der Waals surface area contributed by atoms with E-state index >= 15 is 0 Å². The number of rotatable bonds is 8. The van der Waals surface area contributed by atoms with Crippen LogP contribution in [0.2, 0.25) is 0 Å². The van der Waals surface area contributed by atoms with Crippen LogP contribution in [0.5, 0.6) is 0 Å².